The lowest BCUT2D eigenvalue weighted by Crippen LogP contribution is -2.60. The monoisotopic (exact) mass is 238 g/mol. The Hall–Kier alpha value is -0.570. The van der Waals surface area contributed by atoms with E-state index in [1.54, 1.807) is 0 Å². The molecule has 1 aliphatic heterocycles. The Morgan fingerprint density at radius 1 is 1.24 bits per heavy atom. The smallest absolute Gasteiger partial charge is 0.234 e. The lowest BCUT2D eigenvalue weighted by molar-refractivity contribution is -0.122. The van der Waals surface area contributed by atoms with Crippen LogP contribution in [0.3, 0.4) is 0 Å². The number of piperidine rings is 1. The minimum Gasteiger partial charge on any atom is -0.368 e. The van der Waals surface area contributed by atoms with Crippen LogP contribution in [0.1, 0.15) is 52.9 Å². The van der Waals surface area contributed by atoms with Gasteiger partial charge in [0.25, 0.3) is 0 Å². The molecule has 0 aromatic rings. The molecule has 4 atom stereocenters. The maximum atomic E-state index is 11.5. The van der Waals surface area contributed by atoms with E-state index < -0.39 is 0 Å². The number of nitrogens with two attached hydrogens (primary N) is 1. The molecule has 0 radical (unpaired) electrons. The highest BCUT2D eigenvalue weighted by atomic mass is 16.1. The highest BCUT2D eigenvalue weighted by Crippen LogP contribution is 2.43. The first-order valence-corrected chi connectivity index (χ1v) is 6.95. The third-order valence-corrected chi connectivity index (χ3v) is 4.59. The number of fused-ring (bicyclic) bond motifs is 1. The number of carbonyl (C=O) groups excluding carboxylic acids is 1. The van der Waals surface area contributed by atoms with Gasteiger partial charge in [0, 0.05) is 6.04 Å². The van der Waals surface area contributed by atoms with E-state index in [0.717, 1.165) is 12.3 Å². The summed E-state index contributed by atoms with van der Waals surface area (Å²) in [5.74, 6) is 1.26. The van der Waals surface area contributed by atoms with Gasteiger partial charge < -0.3 is 11.1 Å². The molecule has 1 saturated heterocycles. The third-order valence-electron chi connectivity index (χ3n) is 4.59. The van der Waals surface area contributed by atoms with Crippen molar-refractivity contribution in [1.82, 2.24) is 5.32 Å². The van der Waals surface area contributed by atoms with Gasteiger partial charge >= 0.3 is 0 Å². The molecule has 2 aliphatic rings. The summed E-state index contributed by atoms with van der Waals surface area (Å²) in [6.45, 7) is 6.79. The van der Waals surface area contributed by atoms with E-state index in [2.05, 4.69) is 26.1 Å². The van der Waals surface area contributed by atoms with Gasteiger partial charge in [-0.2, -0.15) is 0 Å². The van der Waals surface area contributed by atoms with Crippen LogP contribution in [0.15, 0.2) is 0 Å². The zero-order chi connectivity index (χ0) is 12.6. The lowest BCUT2D eigenvalue weighted by atomic mass is 9.64. The number of hydrogen-bond acceptors (Lipinski definition) is 2. The van der Waals surface area contributed by atoms with Crippen molar-refractivity contribution in [3.63, 3.8) is 0 Å². The van der Waals surface area contributed by atoms with Crippen molar-refractivity contribution in [3.8, 4) is 0 Å². The third kappa shape index (κ3) is 2.65. The predicted octanol–water partition coefficient (Wildman–Crippen LogP) is 2.05. The van der Waals surface area contributed by atoms with Crippen molar-refractivity contribution in [2.75, 3.05) is 0 Å². The van der Waals surface area contributed by atoms with E-state index in [4.69, 9.17) is 5.73 Å². The summed E-state index contributed by atoms with van der Waals surface area (Å²) in [5.41, 5.74) is 5.70. The Labute approximate surface area is 105 Å². The molecule has 1 saturated carbocycles. The van der Waals surface area contributed by atoms with E-state index in [1.807, 2.05) is 0 Å². The normalized spacial score (nSPS) is 38.5. The van der Waals surface area contributed by atoms with Gasteiger partial charge in [0.1, 0.15) is 0 Å². The molecule has 98 valence electrons. The Kier molecular flexibility index (Phi) is 3.48. The van der Waals surface area contributed by atoms with E-state index in [-0.39, 0.29) is 17.4 Å². The second-order valence-corrected chi connectivity index (χ2v) is 6.91. The molecule has 1 heterocycles. The highest BCUT2D eigenvalue weighted by Gasteiger charge is 2.44. The van der Waals surface area contributed by atoms with Crippen LogP contribution in [0.25, 0.3) is 0 Å². The molecule has 17 heavy (non-hydrogen) atoms. The number of primary amides is 1. The van der Waals surface area contributed by atoms with Gasteiger partial charge in [-0.1, -0.05) is 40.0 Å². The average molecular weight is 238 g/mol. The van der Waals surface area contributed by atoms with Crippen molar-refractivity contribution in [3.05, 3.63) is 0 Å². The largest absolute Gasteiger partial charge is 0.368 e. The maximum Gasteiger partial charge on any atom is 0.234 e. The van der Waals surface area contributed by atoms with Crippen LogP contribution in [0, 0.1) is 17.3 Å². The summed E-state index contributed by atoms with van der Waals surface area (Å²) < 4.78 is 0. The fourth-order valence-corrected chi connectivity index (χ4v) is 3.77. The molecular formula is C14H26N2O. The highest BCUT2D eigenvalue weighted by molar-refractivity contribution is 5.80. The molecule has 0 spiro atoms. The molecule has 1 amide bonds. The first-order valence-electron chi connectivity index (χ1n) is 6.95. The van der Waals surface area contributed by atoms with Gasteiger partial charge in [0.15, 0.2) is 0 Å². The second kappa shape index (κ2) is 4.60. The molecule has 3 heteroatoms. The molecule has 2 rings (SSSR count). The van der Waals surface area contributed by atoms with Gasteiger partial charge in [-0.05, 0) is 30.1 Å². The molecule has 2 fully saturated rings. The Bertz CT molecular complexity index is 295. The number of nitrogens with one attached hydrogen (secondary N) is 1. The van der Waals surface area contributed by atoms with Crippen molar-refractivity contribution in [2.45, 2.75) is 65.0 Å². The zero-order valence-electron chi connectivity index (χ0n) is 11.3. The zero-order valence-corrected chi connectivity index (χ0v) is 11.3. The van der Waals surface area contributed by atoms with Crippen molar-refractivity contribution >= 4 is 5.91 Å². The molecule has 0 bridgehead atoms. The van der Waals surface area contributed by atoms with Crippen LogP contribution in [-0.4, -0.2) is 18.0 Å². The van der Waals surface area contributed by atoms with Crippen LogP contribution >= 0.6 is 0 Å². The molecule has 0 unspecified atom stereocenters. The molecule has 3 N–H and O–H groups in total. The Balaban J connectivity index is 2.18. The van der Waals surface area contributed by atoms with Gasteiger partial charge in [-0.3, -0.25) is 4.79 Å². The first kappa shape index (κ1) is 12.9. The topological polar surface area (TPSA) is 55.1 Å². The average Bonchev–Trinajstić information content (AvgIpc) is 2.26. The van der Waals surface area contributed by atoms with Crippen molar-refractivity contribution in [1.29, 1.82) is 0 Å². The Morgan fingerprint density at radius 2 is 1.88 bits per heavy atom. The number of amides is 1. The van der Waals surface area contributed by atoms with Crippen LogP contribution < -0.4 is 11.1 Å². The number of rotatable bonds is 1. The molecule has 0 aromatic carbocycles. The van der Waals surface area contributed by atoms with Crippen molar-refractivity contribution < 1.29 is 4.79 Å². The fourth-order valence-electron chi connectivity index (χ4n) is 3.77. The first-order chi connectivity index (χ1) is 7.89. The van der Waals surface area contributed by atoms with Gasteiger partial charge in [0.05, 0.1) is 6.04 Å². The summed E-state index contributed by atoms with van der Waals surface area (Å²) >= 11 is 0. The minimum atomic E-state index is -0.178. The molecule has 3 nitrogen and oxygen atoms in total. The molecule has 0 aromatic heterocycles. The van der Waals surface area contributed by atoms with E-state index >= 15 is 0 Å². The summed E-state index contributed by atoms with van der Waals surface area (Å²) in [5, 5.41) is 3.52. The summed E-state index contributed by atoms with van der Waals surface area (Å²) in [4.78, 5) is 11.5. The maximum absolute atomic E-state index is 11.5. The predicted molar refractivity (Wildman–Crippen MR) is 69.4 cm³/mol. The summed E-state index contributed by atoms with van der Waals surface area (Å²) in [7, 11) is 0. The SMILES string of the molecule is CC(C)(C)[C@H]1N[C@H](C(N)=O)C[C@@H]2CCCC[C@@H]21. The number of carbonyl (C=O) groups is 1. The standard InChI is InChI=1S/C14H26N2O/c1-14(2,3)12-10-7-5-4-6-9(10)8-11(16-12)13(15)17/h9-12,16H,4-8H2,1-3H3,(H2,15,17)/t9-,10-,11-,12-/m0/s1. The Morgan fingerprint density at radius 3 is 2.47 bits per heavy atom. The van der Waals surface area contributed by atoms with E-state index in [0.29, 0.717) is 12.0 Å². The quantitative estimate of drug-likeness (QED) is 0.734. The molecule has 1 aliphatic carbocycles. The molecular weight excluding hydrogens is 212 g/mol. The van der Waals surface area contributed by atoms with Crippen LogP contribution in [-0.2, 0) is 4.79 Å². The van der Waals surface area contributed by atoms with Gasteiger partial charge in [0.2, 0.25) is 5.91 Å². The van der Waals surface area contributed by atoms with Gasteiger partial charge in [-0.15, -0.1) is 0 Å². The van der Waals surface area contributed by atoms with Crippen LogP contribution in [0.2, 0.25) is 0 Å². The van der Waals surface area contributed by atoms with Gasteiger partial charge in [-0.25, -0.2) is 0 Å². The lowest BCUT2D eigenvalue weighted by Gasteiger charge is -2.49. The van der Waals surface area contributed by atoms with E-state index in [9.17, 15) is 4.79 Å². The summed E-state index contributed by atoms with van der Waals surface area (Å²) in [6, 6.07) is 0.317. The number of hydrogen-bond donors (Lipinski definition) is 2. The van der Waals surface area contributed by atoms with Crippen LogP contribution in [0.4, 0.5) is 0 Å². The van der Waals surface area contributed by atoms with Crippen molar-refractivity contribution in [2.24, 2.45) is 23.0 Å². The summed E-state index contributed by atoms with van der Waals surface area (Å²) in [6.07, 6.45) is 6.21. The second-order valence-electron chi connectivity index (χ2n) is 6.91. The minimum absolute atomic E-state index is 0.112. The van der Waals surface area contributed by atoms with E-state index in [1.165, 1.54) is 25.7 Å². The van der Waals surface area contributed by atoms with Crippen LogP contribution in [0.5, 0.6) is 0 Å². The fraction of sp³-hybridized carbons (Fsp3) is 0.929.